The number of urea groups is 1. The number of nitrogens with one attached hydrogen (secondary N) is 1. The standard InChI is InChI=1S/C15H28N2O3/c1-12-9-13(2)11-17(10-12)15(20)16-8-6-4-3-5-7-14(18)19/h12-13H,3-11H2,1-2H3,(H,16,20)(H,18,19). The third-order valence-corrected chi connectivity index (χ3v) is 3.75. The second-order valence-corrected chi connectivity index (χ2v) is 6.14. The Balaban J connectivity index is 2.06. The van der Waals surface area contributed by atoms with Crippen molar-refractivity contribution in [1.82, 2.24) is 10.2 Å². The SMILES string of the molecule is CC1CC(C)CN(C(=O)NCCCCCCC(=O)O)C1. The number of hydrogen-bond donors (Lipinski definition) is 2. The van der Waals surface area contributed by atoms with Crippen LogP contribution < -0.4 is 5.32 Å². The Morgan fingerprint density at radius 2 is 1.70 bits per heavy atom. The smallest absolute Gasteiger partial charge is 0.317 e. The summed E-state index contributed by atoms with van der Waals surface area (Å²) in [6.45, 7) is 6.78. The van der Waals surface area contributed by atoms with Gasteiger partial charge in [0, 0.05) is 26.1 Å². The molecule has 1 heterocycles. The van der Waals surface area contributed by atoms with Crippen molar-refractivity contribution in [3.63, 3.8) is 0 Å². The van der Waals surface area contributed by atoms with Crippen molar-refractivity contribution in [3.05, 3.63) is 0 Å². The highest BCUT2D eigenvalue weighted by Crippen LogP contribution is 2.20. The minimum absolute atomic E-state index is 0.0499. The molecule has 0 radical (unpaired) electrons. The number of rotatable bonds is 7. The van der Waals surface area contributed by atoms with Crippen molar-refractivity contribution in [1.29, 1.82) is 0 Å². The van der Waals surface area contributed by atoms with Crippen LogP contribution in [0.5, 0.6) is 0 Å². The number of amides is 2. The van der Waals surface area contributed by atoms with Crippen molar-refractivity contribution >= 4 is 12.0 Å². The number of unbranched alkanes of at least 4 members (excludes halogenated alkanes) is 3. The first-order valence-electron chi connectivity index (χ1n) is 7.73. The summed E-state index contributed by atoms with van der Waals surface area (Å²) < 4.78 is 0. The molecule has 2 N–H and O–H groups in total. The van der Waals surface area contributed by atoms with Crippen LogP contribution in [0.2, 0.25) is 0 Å². The lowest BCUT2D eigenvalue weighted by atomic mass is 9.92. The van der Waals surface area contributed by atoms with Crippen LogP contribution in [-0.2, 0) is 4.79 Å². The number of hydrogen-bond acceptors (Lipinski definition) is 2. The molecule has 0 aromatic rings. The van der Waals surface area contributed by atoms with Gasteiger partial charge in [0.05, 0.1) is 0 Å². The fraction of sp³-hybridized carbons (Fsp3) is 0.867. The molecule has 2 unspecified atom stereocenters. The highest BCUT2D eigenvalue weighted by molar-refractivity contribution is 5.74. The second-order valence-electron chi connectivity index (χ2n) is 6.14. The molecule has 1 rings (SSSR count). The van der Waals surface area contributed by atoms with Crippen LogP contribution in [0.3, 0.4) is 0 Å². The van der Waals surface area contributed by atoms with Crippen molar-refractivity contribution in [2.45, 2.75) is 52.4 Å². The number of likely N-dealkylation sites (tertiary alicyclic amines) is 1. The van der Waals surface area contributed by atoms with E-state index < -0.39 is 5.97 Å². The molecular weight excluding hydrogens is 256 g/mol. The van der Waals surface area contributed by atoms with Crippen molar-refractivity contribution in [3.8, 4) is 0 Å². The van der Waals surface area contributed by atoms with Crippen LogP contribution in [0.15, 0.2) is 0 Å². The average Bonchev–Trinajstić information content (AvgIpc) is 2.35. The Labute approximate surface area is 121 Å². The van der Waals surface area contributed by atoms with Gasteiger partial charge in [0.2, 0.25) is 0 Å². The van der Waals surface area contributed by atoms with Crippen molar-refractivity contribution in [2.75, 3.05) is 19.6 Å². The van der Waals surface area contributed by atoms with Gasteiger partial charge in [-0.1, -0.05) is 26.7 Å². The molecule has 5 heteroatoms. The van der Waals surface area contributed by atoms with Crippen LogP contribution in [0.4, 0.5) is 4.79 Å². The molecule has 2 atom stereocenters. The van der Waals surface area contributed by atoms with E-state index in [1.807, 2.05) is 4.90 Å². The number of carbonyl (C=O) groups is 2. The van der Waals surface area contributed by atoms with Gasteiger partial charge in [0.15, 0.2) is 0 Å². The minimum atomic E-state index is -0.730. The van der Waals surface area contributed by atoms with Gasteiger partial charge in [0.25, 0.3) is 0 Å². The highest BCUT2D eigenvalue weighted by Gasteiger charge is 2.24. The molecule has 0 spiro atoms. The average molecular weight is 284 g/mol. The van der Waals surface area contributed by atoms with Gasteiger partial charge in [-0.05, 0) is 31.1 Å². The molecule has 2 amide bonds. The van der Waals surface area contributed by atoms with E-state index in [0.717, 1.165) is 38.8 Å². The van der Waals surface area contributed by atoms with Gasteiger partial charge >= 0.3 is 12.0 Å². The van der Waals surface area contributed by atoms with Crippen LogP contribution in [0.25, 0.3) is 0 Å². The summed E-state index contributed by atoms with van der Waals surface area (Å²) in [7, 11) is 0. The molecule has 0 aromatic carbocycles. The topological polar surface area (TPSA) is 69.6 Å². The number of carbonyl (C=O) groups excluding carboxylic acids is 1. The minimum Gasteiger partial charge on any atom is -0.481 e. The first kappa shape index (κ1) is 16.8. The summed E-state index contributed by atoms with van der Waals surface area (Å²) in [5, 5.41) is 11.5. The Morgan fingerprint density at radius 3 is 2.30 bits per heavy atom. The lowest BCUT2D eigenvalue weighted by Gasteiger charge is -2.34. The summed E-state index contributed by atoms with van der Waals surface area (Å²) >= 11 is 0. The van der Waals surface area contributed by atoms with E-state index in [-0.39, 0.29) is 12.5 Å². The number of piperidine rings is 1. The molecular formula is C15H28N2O3. The Kier molecular flexibility index (Phi) is 7.41. The van der Waals surface area contributed by atoms with E-state index in [0.29, 0.717) is 18.4 Å². The third-order valence-electron chi connectivity index (χ3n) is 3.75. The van der Waals surface area contributed by atoms with Gasteiger partial charge in [-0.25, -0.2) is 4.79 Å². The number of carboxylic acid groups (broad SMARTS) is 1. The molecule has 20 heavy (non-hydrogen) atoms. The van der Waals surface area contributed by atoms with Gasteiger partial charge < -0.3 is 15.3 Å². The molecule has 0 saturated carbocycles. The van der Waals surface area contributed by atoms with Crippen LogP contribution in [-0.4, -0.2) is 41.6 Å². The lowest BCUT2D eigenvalue weighted by Crippen LogP contribution is -2.47. The second kappa shape index (κ2) is 8.82. The maximum absolute atomic E-state index is 12.0. The third kappa shape index (κ3) is 6.78. The van der Waals surface area contributed by atoms with Gasteiger partial charge in [-0.15, -0.1) is 0 Å². The van der Waals surface area contributed by atoms with E-state index in [2.05, 4.69) is 19.2 Å². The van der Waals surface area contributed by atoms with Crippen LogP contribution in [0.1, 0.15) is 52.4 Å². The summed E-state index contributed by atoms with van der Waals surface area (Å²) in [6.07, 6.45) is 4.98. The molecule has 116 valence electrons. The van der Waals surface area contributed by atoms with E-state index in [9.17, 15) is 9.59 Å². The Hall–Kier alpha value is -1.26. The number of carboxylic acids is 1. The molecule has 1 aliphatic heterocycles. The van der Waals surface area contributed by atoms with E-state index in [1.165, 1.54) is 6.42 Å². The first-order valence-corrected chi connectivity index (χ1v) is 7.73. The summed E-state index contributed by atoms with van der Waals surface area (Å²) in [5.74, 6) is 0.438. The number of aliphatic carboxylic acids is 1. The normalized spacial score (nSPS) is 22.6. The zero-order valence-electron chi connectivity index (χ0n) is 12.7. The largest absolute Gasteiger partial charge is 0.481 e. The fourth-order valence-corrected chi connectivity index (χ4v) is 2.89. The summed E-state index contributed by atoms with van der Waals surface area (Å²) in [4.78, 5) is 24.3. The van der Waals surface area contributed by atoms with Crippen LogP contribution in [0, 0.1) is 11.8 Å². The van der Waals surface area contributed by atoms with E-state index in [4.69, 9.17) is 5.11 Å². The van der Waals surface area contributed by atoms with Crippen molar-refractivity contribution in [2.24, 2.45) is 11.8 Å². The molecule has 1 aliphatic rings. The zero-order chi connectivity index (χ0) is 15.0. The van der Waals surface area contributed by atoms with E-state index >= 15 is 0 Å². The number of nitrogens with zero attached hydrogens (tertiary/aromatic N) is 1. The zero-order valence-corrected chi connectivity index (χ0v) is 12.7. The fourth-order valence-electron chi connectivity index (χ4n) is 2.89. The van der Waals surface area contributed by atoms with Crippen LogP contribution >= 0.6 is 0 Å². The maximum Gasteiger partial charge on any atom is 0.317 e. The quantitative estimate of drug-likeness (QED) is 0.706. The molecule has 0 aromatic heterocycles. The van der Waals surface area contributed by atoms with E-state index in [1.54, 1.807) is 0 Å². The molecule has 0 aliphatic carbocycles. The maximum atomic E-state index is 12.0. The monoisotopic (exact) mass is 284 g/mol. The predicted molar refractivity (Wildman–Crippen MR) is 78.6 cm³/mol. The van der Waals surface area contributed by atoms with Gasteiger partial charge in [-0.3, -0.25) is 4.79 Å². The molecule has 5 nitrogen and oxygen atoms in total. The molecule has 0 bridgehead atoms. The lowest BCUT2D eigenvalue weighted by molar-refractivity contribution is -0.137. The first-order chi connectivity index (χ1) is 9.49. The Morgan fingerprint density at radius 1 is 1.10 bits per heavy atom. The molecule has 1 saturated heterocycles. The Bertz CT molecular complexity index is 310. The van der Waals surface area contributed by atoms with Gasteiger partial charge in [0.1, 0.15) is 0 Å². The van der Waals surface area contributed by atoms with Gasteiger partial charge in [-0.2, -0.15) is 0 Å². The predicted octanol–water partition coefficient (Wildman–Crippen LogP) is 2.71. The molecule has 1 fully saturated rings. The summed E-state index contributed by atoms with van der Waals surface area (Å²) in [6, 6.07) is 0.0499. The van der Waals surface area contributed by atoms with Crippen molar-refractivity contribution < 1.29 is 14.7 Å². The highest BCUT2D eigenvalue weighted by atomic mass is 16.4. The summed E-state index contributed by atoms with van der Waals surface area (Å²) in [5.41, 5.74) is 0.